The number of rotatable bonds is 12. The summed E-state index contributed by atoms with van der Waals surface area (Å²) in [7, 11) is 0. The first-order chi connectivity index (χ1) is 18.8. The zero-order valence-corrected chi connectivity index (χ0v) is 23.5. The molecule has 2 fully saturated rings. The Morgan fingerprint density at radius 3 is 2.33 bits per heavy atom. The van der Waals surface area contributed by atoms with Gasteiger partial charge in [-0.25, -0.2) is 9.18 Å². The van der Waals surface area contributed by atoms with Crippen molar-refractivity contribution < 1.29 is 23.5 Å². The molecule has 1 atom stereocenters. The summed E-state index contributed by atoms with van der Waals surface area (Å²) in [5, 5.41) is 0. The number of likely N-dealkylation sites (tertiary alicyclic amines) is 1. The average molecular weight is 540 g/mol. The first-order valence-electron chi connectivity index (χ1n) is 14.2. The highest BCUT2D eigenvalue weighted by atomic mass is 19.1. The highest BCUT2D eigenvalue weighted by Gasteiger charge is 2.30. The normalized spacial score (nSPS) is 18.4. The molecule has 8 heteroatoms. The molecule has 0 radical (unpaired) electrons. The fourth-order valence-corrected chi connectivity index (χ4v) is 5.23. The van der Waals surface area contributed by atoms with Gasteiger partial charge < -0.3 is 24.2 Å². The number of hydrogen-bond donors (Lipinski definition) is 0. The van der Waals surface area contributed by atoms with Crippen LogP contribution in [0.3, 0.4) is 0 Å². The maximum absolute atomic E-state index is 13.6. The molecule has 4 rings (SSSR count). The monoisotopic (exact) mass is 539 g/mol. The van der Waals surface area contributed by atoms with E-state index in [0.29, 0.717) is 38.6 Å². The van der Waals surface area contributed by atoms with E-state index in [1.54, 1.807) is 17.0 Å². The first kappa shape index (κ1) is 28.9. The Morgan fingerprint density at radius 2 is 1.72 bits per heavy atom. The van der Waals surface area contributed by atoms with E-state index in [0.717, 1.165) is 55.8 Å². The molecule has 0 aliphatic carbocycles. The molecule has 2 aromatic carbocycles. The fraction of sp³-hybridized carbons (Fsp3) is 0.548. The zero-order valence-electron chi connectivity index (χ0n) is 23.5. The van der Waals surface area contributed by atoms with Crippen molar-refractivity contribution >= 4 is 12.0 Å². The van der Waals surface area contributed by atoms with Crippen LogP contribution in [0.2, 0.25) is 0 Å². The fourth-order valence-electron chi connectivity index (χ4n) is 5.23. The third kappa shape index (κ3) is 8.43. The number of piperidine rings is 1. The second-order valence-electron chi connectivity index (χ2n) is 11.2. The van der Waals surface area contributed by atoms with Gasteiger partial charge >= 0.3 is 6.09 Å². The van der Waals surface area contributed by atoms with Gasteiger partial charge in [0.15, 0.2) is 0 Å². The topological polar surface area (TPSA) is 62.3 Å². The lowest BCUT2D eigenvalue weighted by Gasteiger charge is -2.39. The molecule has 212 valence electrons. The average Bonchev–Trinajstić information content (AvgIpc) is 3.25. The minimum Gasteiger partial charge on any atom is -0.493 e. The summed E-state index contributed by atoms with van der Waals surface area (Å²) < 4.78 is 24.4. The summed E-state index contributed by atoms with van der Waals surface area (Å²) in [6, 6.07) is 14.5. The molecule has 0 bridgehead atoms. The van der Waals surface area contributed by atoms with Crippen LogP contribution in [0, 0.1) is 11.7 Å². The van der Waals surface area contributed by atoms with E-state index in [1.807, 2.05) is 36.1 Å². The quantitative estimate of drug-likeness (QED) is 0.374. The van der Waals surface area contributed by atoms with Crippen molar-refractivity contribution in [3.05, 3.63) is 65.5 Å². The van der Waals surface area contributed by atoms with Crippen molar-refractivity contribution in [1.82, 2.24) is 14.7 Å². The molecule has 0 N–H and O–H groups in total. The smallest absolute Gasteiger partial charge is 0.410 e. The summed E-state index contributed by atoms with van der Waals surface area (Å²) in [4.78, 5) is 31.6. The maximum atomic E-state index is 13.6. The molecule has 2 aliphatic heterocycles. The second-order valence-corrected chi connectivity index (χ2v) is 11.2. The van der Waals surface area contributed by atoms with Crippen LogP contribution < -0.4 is 4.74 Å². The van der Waals surface area contributed by atoms with Crippen molar-refractivity contribution in [2.24, 2.45) is 5.92 Å². The maximum Gasteiger partial charge on any atom is 0.410 e. The highest BCUT2D eigenvalue weighted by Crippen LogP contribution is 2.22. The van der Waals surface area contributed by atoms with E-state index < -0.39 is 0 Å². The minimum atomic E-state index is -0.277. The molecule has 2 heterocycles. The number of hydrogen-bond acceptors (Lipinski definition) is 5. The van der Waals surface area contributed by atoms with E-state index in [4.69, 9.17) is 9.47 Å². The number of ether oxygens (including phenoxy) is 2. The van der Waals surface area contributed by atoms with E-state index in [-0.39, 0.29) is 29.9 Å². The van der Waals surface area contributed by atoms with Gasteiger partial charge in [-0.15, -0.1) is 0 Å². The number of nitrogens with zero attached hydrogens (tertiary/aromatic N) is 3. The lowest BCUT2D eigenvalue weighted by Crippen LogP contribution is -2.48. The van der Waals surface area contributed by atoms with Crippen LogP contribution in [-0.4, -0.2) is 78.2 Å². The van der Waals surface area contributed by atoms with Crippen LogP contribution >= 0.6 is 0 Å². The van der Waals surface area contributed by atoms with E-state index in [9.17, 15) is 14.0 Å². The van der Waals surface area contributed by atoms with Gasteiger partial charge in [0.2, 0.25) is 5.91 Å². The number of carbonyl (C=O) groups is 2. The van der Waals surface area contributed by atoms with Crippen molar-refractivity contribution in [3.63, 3.8) is 0 Å². The second kappa shape index (κ2) is 13.8. The minimum absolute atomic E-state index is 0.0788. The zero-order chi connectivity index (χ0) is 27.8. The molecule has 7 nitrogen and oxygen atoms in total. The van der Waals surface area contributed by atoms with Crippen molar-refractivity contribution in [2.45, 2.75) is 65.1 Å². The Labute approximate surface area is 231 Å². The Balaban J connectivity index is 1.33. The Morgan fingerprint density at radius 1 is 1.05 bits per heavy atom. The number of carbonyl (C=O) groups excluding carboxylic acids is 2. The Bertz CT molecular complexity index is 1070. The molecule has 2 aromatic rings. The van der Waals surface area contributed by atoms with Gasteiger partial charge in [-0.3, -0.25) is 4.79 Å². The van der Waals surface area contributed by atoms with E-state index >= 15 is 0 Å². The molecule has 2 amide bonds. The standard InChI is InChI=1S/C31H42FN3O4/c1-23(2)21-38-29-11-7-25(8-12-29)19-30(36)35(20-26-5-9-27(32)10-6-26)28-13-17-33(18-14-28)15-4-16-34-24(3)22-39-31(34)37/h5-12,23-24,28H,4,13-22H2,1-3H3. The Hall–Kier alpha value is -3.13. The summed E-state index contributed by atoms with van der Waals surface area (Å²) in [5.41, 5.74) is 1.88. The van der Waals surface area contributed by atoms with Crippen LogP contribution in [0.1, 0.15) is 51.2 Å². The molecular weight excluding hydrogens is 497 g/mol. The van der Waals surface area contributed by atoms with E-state index in [1.165, 1.54) is 12.1 Å². The van der Waals surface area contributed by atoms with Crippen LogP contribution in [0.25, 0.3) is 0 Å². The number of benzene rings is 2. The lowest BCUT2D eigenvalue weighted by molar-refractivity contribution is -0.134. The summed E-state index contributed by atoms with van der Waals surface area (Å²) >= 11 is 0. The van der Waals surface area contributed by atoms with Gasteiger partial charge in [0.05, 0.1) is 19.1 Å². The SMILES string of the molecule is CC(C)COc1ccc(CC(=O)N(Cc2ccc(F)cc2)C2CCN(CCCN3C(=O)OCC3C)CC2)cc1. The number of amides is 2. The predicted molar refractivity (Wildman–Crippen MR) is 149 cm³/mol. The van der Waals surface area contributed by atoms with Crippen LogP contribution in [0.15, 0.2) is 48.5 Å². The van der Waals surface area contributed by atoms with Crippen molar-refractivity contribution in [1.29, 1.82) is 0 Å². The van der Waals surface area contributed by atoms with Crippen LogP contribution in [-0.2, 0) is 22.5 Å². The molecular formula is C31H42FN3O4. The predicted octanol–water partition coefficient (Wildman–Crippen LogP) is 5.13. The van der Waals surface area contributed by atoms with Gasteiger partial charge in [-0.05, 0) is 74.0 Å². The van der Waals surface area contributed by atoms with E-state index in [2.05, 4.69) is 18.7 Å². The largest absolute Gasteiger partial charge is 0.493 e. The highest BCUT2D eigenvalue weighted by molar-refractivity contribution is 5.79. The van der Waals surface area contributed by atoms with Crippen LogP contribution in [0.4, 0.5) is 9.18 Å². The van der Waals surface area contributed by atoms with Crippen LogP contribution in [0.5, 0.6) is 5.75 Å². The van der Waals surface area contributed by atoms with Gasteiger partial charge in [0.25, 0.3) is 0 Å². The third-order valence-corrected chi connectivity index (χ3v) is 7.53. The van der Waals surface area contributed by atoms with Gasteiger partial charge in [-0.1, -0.05) is 38.1 Å². The van der Waals surface area contributed by atoms with Crippen molar-refractivity contribution in [3.8, 4) is 5.75 Å². The first-order valence-corrected chi connectivity index (χ1v) is 14.2. The van der Waals surface area contributed by atoms with Gasteiger partial charge in [0.1, 0.15) is 18.2 Å². The molecule has 2 saturated heterocycles. The van der Waals surface area contributed by atoms with Crippen molar-refractivity contribution in [2.75, 3.05) is 39.4 Å². The van der Waals surface area contributed by atoms with Gasteiger partial charge in [0, 0.05) is 32.2 Å². The number of cyclic esters (lactones) is 1. The molecule has 2 aliphatic rings. The van der Waals surface area contributed by atoms with Gasteiger partial charge in [-0.2, -0.15) is 0 Å². The third-order valence-electron chi connectivity index (χ3n) is 7.53. The molecule has 0 aromatic heterocycles. The molecule has 0 saturated carbocycles. The Kier molecular flexibility index (Phi) is 10.2. The summed E-state index contributed by atoms with van der Waals surface area (Å²) in [5.74, 6) is 1.06. The molecule has 39 heavy (non-hydrogen) atoms. The number of halogens is 1. The molecule has 1 unspecified atom stereocenters. The molecule has 0 spiro atoms. The summed E-state index contributed by atoms with van der Waals surface area (Å²) in [6.07, 6.45) is 2.78. The summed E-state index contributed by atoms with van der Waals surface area (Å²) in [6.45, 7) is 11.3. The lowest BCUT2D eigenvalue weighted by atomic mass is 10.0.